The molecular weight excluding hydrogens is 226 g/mol. The average molecular weight is 248 g/mol. The predicted octanol–water partition coefficient (Wildman–Crippen LogP) is 2.13. The molecule has 1 fully saturated rings. The van der Waals surface area contributed by atoms with Crippen LogP contribution in [0.1, 0.15) is 45.4 Å². The van der Waals surface area contributed by atoms with Gasteiger partial charge in [-0.3, -0.25) is 0 Å². The zero-order valence-electron chi connectivity index (χ0n) is 10.0. The van der Waals surface area contributed by atoms with Crippen molar-refractivity contribution in [1.82, 2.24) is 4.31 Å². The highest BCUT2D eigenvalue weighted by Gasteiger charge is 2.24. The van der Waals surface area contributed by atoms with Crippen molar-refractivity contribution >= 4 is 10.0 Å². The second-order valence-electron chi connectivity index (χ2n) is 4.18. The van der Waals surface area contributed by atoms with E-state index in [1.165, 1.54) is 4.31 Å². The van der Waals surface area contributed by atoms with Gasteiger partial charge in [-0.2, -0.15) is 4.31 Å². The lowest BCUT2D eigenvalue weighted by Gasteiger charge is -2.25. The molecule has 0 bridgehead atoms. The molecule has 0 aliphatic carbocycles. The minimum absolute atomic E-state index is 0.501. The Labute approximate surface area is 99.0 Å². The van der Waals surface area contributed by atoms with Crippen molar-refractivity contribution in [2.45, 2.75) is 45.4 Å². The summed E-state index contributed by atoms with van der Waals surface area (Å²) in [5, 5.41) is 0. The molecule has 0 aromatic rings. The van der Waals surface area contributed by atoms with Gasteiger partial charge < -0.3 is 4.74 Å². The van der Waals surface area contributed by atoms with E-state index in [-0.39, 0.29) is 0 Å². The number of rotatable bonds is 7. The third-order valence-corrected chi connectivity index (χ3v) is 4.19. The maximum absolute atomic E-state index is 11.8. The normalized spacial score (nSPS) is 18.8. The van der Waals surface area contributed by atoms with E-state index >= 15 is 0 Å². The van der Waals surface area contributed by atoms with Crippen LogP contribution in [0.2, 0.25) is 0 Å². The Morgan fingerprint density at radius 2 is 1.88 bits per heavy atom. The molecule has 0 spiro atoms. The lowest BCUT2D eigenvalue weighted by molar-refractivity contribution is 0.212. The van der Waals surface area contributed by atoms with Crippen molar-refractivity contribution in [3.05, 3.63) is 5.94 Å². The average Bonchev–Trinajstić information content (AvgIpc) is 2.30. The predicted molar refractivity (Wildman–Crippen MR) is 64.1 cm³/mol. The van der Waals surface area contributed by atoms with Gasteiger partial charge >= 0.3 is 0 Å². The van der Waals surface area contributed by atoms with Crippen molar-refractivity contribution < 1.29 is 13.2 Å². The summed E-state index contributed by atoms with van der Waals surface area (Å²) in [5.74, 6) is 1.02. The molecule has 0 amide bonds. The molecule has 0 saturated carbocycles. The Morgan fingerprint density at radius 1 is 1.19 bits per heavy atom. The first-order valence-electron chi connectivity index (χ1n) is 6.12. The van der Waals surface area contributed by atoms with Crippen LogP contribution in [0.15, 0.2) is 0 Å². The molecule has 4 nitrogen and oxygen atoms in total. The van der Waals surface area contributed by atoms with Gasteiger partial charge in [0.1, 0.15) is 0 Å². The molecule has 5 heteroatoms. The van der Waals surface area contributed by atoms with E-state index in [2.05, 4.69) is 6.92 Å². The third kappa shape index (κ3) is 4.80. The van der Waals surface area contributed by atoms with E-state index in [1.54, 1.807) is 0 Å². The monoisotopic (exact) mass is 248 g/mol. The third-order valence-electron chi connectivity index (χ3n) is 2.73. The Bertz CT molecular complexity index is 271. The van der Waals surface area contributed by atoms with Gasteiger partial charge in [0.25, 0.3) is 0 Å². The molecule has 0 aromatic carbocycles. The van der Waals surface area contributed by atoms with Crippen molar-refractivity contribution in [2.75, 3.05) is 19.7 Å². The summed E-state index contributed by atoms with van der Waals surface area (Å²) in [6.07, 6.45) is 6.16. The van der Waals surface area contributed by atoms with Gasteiger partial charge in [0, 0.05) is 19.7 Å². The van der Waals surface area contributed by atoms with E-state index in [1.807, 2.05) is 0 Å². The van der Waals surface area contributed by atoms with Crippen LogP contribution < -0.4 is 0 Å². The smallest absolute Gasteiger partial charge is 0.245 e. The van der Waals surface area contributed by atoms with E-state index in [0.29, 0.717) is 19.7 Å². The lowest BCUT2D eigenvalue weighted by atomic mass is 10.2. The fourth-order valence-electron chi connectivity index (χ4n) is 1.75. The molecule has 0 atom stereocenters. The Hall–Kier alpha value is -0.130. The minimum atomic E-state index is -3.28. The summed E-state index contributed by atoms with van der Waals surface area (Å²) in [6.45, 7) is 3.88. The fraction of sp³-hybridized carbons (Fsp3) is 0.909. The first-order valence-corrected chi connectivity index (χ1v) is 7.62. The second-order valence-corrected chi connectivity index (χ2v) is 5.92. The Kier molecular flexibility index (Phi) is 6.31. The first kappa shape index (κ1) is 13.9. The molecule has 1 radical (unpaired) electrons. The first-order chi connectivity index (χ1) is 7.67. The highest BCUT2D eigenvalue weighted by molar-refractivity contribution is 7.90. The molecule has 0 N–H and O–H groups in total. The molecule has 1 rings (SSSR count). The van der Waals surface area contributed by atoms with Crippen LogP contribution in [0.25, 0.3) is 0 Å². The van der Waals surface area contributed by atoms with Crippen molar-refractivity contribution in [3.63, 3.8) is 0 Å². The van der Waals surface area contributed by atoms with Crippen molar-refractivity contribution in [3.8, 4) is 0 Å². The van der Waals surface area contributed by atoms with Gasteiger partial charge in [0.05, 0.1) is 0 Å². The van der Waals surface area contributed by atoms with Crippen LogP contribution >= 0.6 is 0 Å². The topological polar surface area (TPSA) is 46.6 Å². The number of sulfonamides is 1. The number of hydrogen-bond acceptors (Lipinski definition) is 3. The van der Waals surface area contributed by atoms with Gasteiger partial charge in [-0.15, -0.1) is 0 Å². The van der Waals surface area contributed by atoms with E-state index in [0.717, 1.165) is 44.5 Å². The standard InChI is InChI=1S/C11H22NO3S/c1-2-3-7-10-15-11-16(13,14)12-8-5-4-6-9-12/h11H,2-10H2,1H3. The highest BCUT2D eigenvalue weighted by Crippen LogP contribution is 2.15. The molecule has 1 heterocycles. The van der Waals surface area contributed by atoms with Crippen LogP contribution in [0, 0.1) is 5.94 Å². The van der Waals surface area contributed by atoms with Gasteiger partial charge in [-0.1, -0.05) is 26.2 Å². The fourth-order valence-corrected chi connectivity index (χ4v) is 2.91. The van der Waals surface area contributed by atoms with Gasteiger partial charge in [0.15, 0.2) is 0 Å². The Morgan fingerprint density at radius 3 is 2.50 bits per heavy atom. The summed E-state index contributed by atoms with van der Waals surface area (Å²) in [5.41, 5.74) is 0. The molecular formula is C11H22NO3S. The summed E-state index contributed by atoms with van der Waals surface area (Å²) < 4.78 is 30.1. The number of ether oxygens (including phenoxy) is 1. The maximum Gasteiger partial charge on any atom is 0.245 e. The largest absolute Gasteiger partial charge is 0.357 e. The van der Waals surface area contributed by atoms with Gasteiger partial charge in [0.2, 0.25) is 16.0 Å². The van der Waals surface area contributed by atoms with Crippen molar-refractivity contribution in [1.29, 1.82) is 0 Å². The zero-order chi connectivity index (χ0) is 11.9. The Balaban J connectivity index is 2.22. The number of piperidine rings is 1. The lowest BCUT2D eigenvalue weighted by Crippen LogP contribution is -2.35. The quantitative estimate of drug-likeness (QED) is 0.648. The minimum Gasteiger partial charge on any atom is -0.357 e. The van der Waals surface area contributed by atoms with Crippen LogP contribution in [0.3, 0.4) is 0 Å². The van der Waals surface area contributed by atoms with Crippen LogP contribution in [-0.2, 0) is 14.8 Å². The number of nitrogens with zero attached hydrogens (tertiary/aromatic N) is 1. The number of unbranched alkanes of at least 4 members (excludes halogenated alkanes) is 2. The summed E-state index contributed by atoms with van der Waals surface area (Å²) in [4.78, 5) is 0. The summed E-state index contributed by atoms with van der Waals surface area (Å²) in [7, 11) is -3.28. The van der Waals surface area contributed by atoms with Crippen LogP contribution in [-0.4, -0.2) is 32.4 Å². The van der Waals surface area contributed by atoms with Gasteiger partial charge in [-0.05, 0) is 19.3 Å². The van der Waals surface area contributed by atoms with E-state index < -0.39 is 10.0 Å². The molecule has 95 valence electrons. The maximum atomic E-state index is 11.8. The van der Waals surface area contributed by atoms with E-state index in [9.17, 15) is 8.42 Å². The van der Waals surface area contributed by atoms with Crippen LogP contribution in [0.5, 0.6) is 0 Å². The van der Waals surface area contributed by atoms with E-state index in [4.69, 9.17) is 4.74 Å². The molecule has 1 saturated heterocycles. The molecule has 0 aromatic heterocycles. The number of hydrogen-bond donors (Lipinski definition) is 0. The molecule has 1 aliphatic rings. The zero-order valence-corrected chi connectivity index (χ0v) is 10.8. The molecule has 1 aliphatic heterocycles. The molecule has 16 heavy (non-hydrogen) atoms. The second kappa shape index (κ2) is 7.25. The molecule has 0 unspecified atom stereocenters. The van der Waals surface area contributed by atoms with Crippen molar-refractivity contribution in [2.24, 2.45) is 0 Å². The SMILES string of the molecule is CCCCCO[CH]S(=O)(=O)N1CCCCC1. The van der Waals surface area contributed by atoms with Gasteiger partial charge in [-0.25, -0.2) is 8.42 Å². The van der Waals surface area contributed by atoms with Crippen LogP contribution in [0.4, 0.5) is 0 Å². The summed E-state index contributed by atoms with van der Waals surface area (Å²) in [6, 6.07) is 0. The summed E-state index contributed by atoms with van der Waals surface area (Å²) >= 11 is 0. The highest BCUT2D eigenvalue weighted by atomic mass is 32.2.